The highest BCUT2D eigenvalue weighted by atomic mass is 35.5. The second kappa shape index (κ2) is 7.50. The molecule has 0 saturated heterocycles. The average molecular weight is 396 g/mol. The summed E-state index contributed by atoms with van der Waals surface area (Å²) in [6.45, 7) is 0.148. The molecular weight excluding hydrogens is 385 g/mol. The van der Waals surface area contributed by atoms with Gasteiger partial charge in [0.1, 0.15) is 12.9 Å². The number of amides is 1. The highest BCUT2D eigenvalue weighted by Gasteiger charge is 2.14. The molecule has 0 aliphatic heterocycles. The van der Waals surface area contributed by atoms with Gasteiger partial charge >= 0.3 is 5.82 Å². The fourth-order valence-corrected chi connectivity index (χ4v) is 2.57. The number of nitro groups is 1. The highest BCUT2D eigenvalue weighted by molar-refractivity contribution is 6.35. The summed E-state index contributed by atoms with van der Waals surface area (Å²) in [6.07, 6.45) is 2.78. The van der Waals surface area contributed by atoms with Crippen LogP contribution in [0.4, 0.5) is 11.8 Å². The normalized spacial score (nSPS) is 10.7. The van der Waals surface area contributed by atoms with E-state index < -0.39 is 10.8 Å². The molecule has 0 spiro atoms. The van der Waals surface area contributed by atoms with Crippen LogP contribution in [0.3, 0.4) is 0 Å². The number of hydrogen-bond acceptors (Lipinski definition) is 6. The van der Waals surface area contributed by atoms with Crippen molar-refractivity contribution in [2.75, 3.05) is 5.32 Å². The Morgan fingerprint density at radius 1 is 1.23 bits per heavy atom. The van der Waals surface area contributed by atoms with Gasteiger partial charge in [-0.3, -0.25) is 10.1 Å². The number of carbonyl (C=O) groups excluding carboxylic acids is 1. The van der Waals surface area contributed by atoms with Crippen LogP contribution in [-0.2, 0) is 17.9 Å². The molecule has 1 aromatic carbocycles. The van der Waals surface area contributed by atoms with Crippen LogP contribution in [0.25, 0.3) is 0 Å². The second-order valence-corrected chi connectivity index (χ2v) is 6.02. The SMILES string of the molecule is O=C(Cn1ccc([N+](=O)[O-])n1)Nc1ncn(Cc2ccc(Cl)cc2Cl)n1. The van der Waals surface area contributed by atoms with Crippen LogP contribution in [0.5, 0.6) is 0 Å². The number of hydrogen-bond donors (Lipinski definition) is 1. The van der Waals surface area contributed by atoms with Gasteiger partial charge in [0.15, 0.2) is 0 Å². The van der Waals surface area contributed by atoms with Crippen LogP contribution in [0.1, 0.15) is 5.56 Å². The average Bonchev–Trinajstić information content (AvgIpc) is 3.20. The lowest BCUT2D eigenvalue weighted by molar-refractivity contribution is -0.389. The summed E-state index contributed by atoms with van der Waals surface area (Å²) in [4.78, 5) is 25.9. The summed E-state index contributed by atoms with van der Waals surface area (Å²) < 4.78 is 2.65. The van der Waals surface area contributed by atoms with Gasteiger partial charge in [-0.25, -0.2) is 9.67 Å². The van der Waals surface area contributed by atoms with Crippen LogP contribution < -0.4 is 5.32 Å². The monoisotopic (exact) mass is 395 g/mol. The molecule has 0 radical (unpaired) electrons. The molecule has 10 nitrogen and oxygen atoms in total. The van der Waals surface area contributed by atoms with Gasteiger partial charge < -0.3 is 10.1 Å². The highest BCUT2D eigenvalue weighted by Crippen LogP contribution is 2.21. The zero-order valence-electron chi connectivity index (χ0n) is 13.0. The Hall–Kier alpha value is -2.98. The van der Waals surface area contributed by atoms with E-state index in [1.807, 2.05) is 0 Å². The largest absolute Gasteiger partial charge is 0.389 e. The molecule has 3 rings (SSSR count). The van der Waals surface area contributed by atoms with Gasteiger partial charge in [0.05, 0.1) is 23.9 Å². The molecule has 3 aromatic rings. The molecule has 0 aliphatic rings. The zero-order valence-corrected chi connectivity index (χ0v) is 14.6. The van der Waals surface area contributed by atoms with E-state index >= 15 is 0 Å². The first-order valence-electron chi connectivity index (χ1n) is 7.22. The van der Waals surface area contributed by atoms with Crippen molar-refractivity contribution >= 4 is 40.9 Å². The summed E-state index contributed by atoms with van der Waals surface area (Å²) in [5, 5.41) is 21.9. The summed E-state index contributed by atoms with van der Waals surface area (Å²) in [6, 6.07) is 6.32. The fourth-order valence-electron chi connectivity index (χ4n) is 2.10. The maximum absolute atomic E-state index is 12.0. The van der Waals surface area contributed by atoms with Crippen LogP contribution in [0.15, 0.2) is 36.8 Å². The molecule has 0 atom stereocenters. The molecule has 1 amide bonds. The topological polar surface area (TPSA) is 121 Å². The number of halogens is 2. The van der Waals surface area contributed by atoms with Crippen molar-refractivity contribution in [1.29, 1.82) is 0 Å². The van der Waals surface area contributed by atoms with E-state index in [1.165, 1.54) is 23.3 Å². The predicted molar refractivity (Wildman–Crippen MR) is 93.1 cm³/mol. The lowest BCUT2D eigenvalue weighted by Gasteiger charge is -2.04. The second-order valence-electron chi connectivity index (χ2n) is 5.18. The first-order chi connectivity index (χ1) is 12.4. The van der Waals surface area contributed by atoms with Crippen molar-refractivity contribution in [2.45, 2.75) is 13.1 Å². The third-order valence-corrected chi connectivity index (χ3v) is 3.84. The van der Waals surface area contributed by atoms with Gasteiger partial charge in [-0.15, -0.1) is 5.10 Å². The molecule has 0 bridgehead atoms. The molecular formula is C14H11Cl2N7O3. The number of benzene rings is 1. The zero-order chi connectivity index (χ0) is 18.7. The van der Waals surface area contributed by atoms with E-state index in [-0.39, 0.29) is 18.3 Å². The number of nitrogens with zero attached hydrogens (tertiary/aromatic N) is 6. The van der Waals surface area contributed by atoms with Crippen molar-refractivity contribution in [3.63, 3.8) is 0 Å². The molecule has 134 valence electrons. The fraction of sp³-hybridized carbons (Fsp3) is 0.143. The predicted octanol–water partition coefficient (Wildman–Crippen LogP) is 2.38. The van der Waals surface area contributed by atoms with Crippen molar-refractivity contribution in [3.8, 4) is 0 Å². The number of aromatic nitrogens is 5. The summed E-state index contributed by atoms with van der Waals surface area (Å²) >= 11 is 12.0. The van der Waals surface area contributed by atoms with E-state index in [4.69, 9.17) is 23.2 Å². The maximum atomic E-state index is 12.0. The number of carbonyl (C=O) groups is 1. The Kier molecular flexibility index (Phi) is 5.14. The van der Waals surface area contributed by atoms with Crippen molar-refractivity contribution in [2.24, 2.45) is 0 Å². The number of anilines is 1. The number of nitrogens with one attached hydrogen (secondary N) is 1. The third-order valence-electron chi connectivity index (χ3n) is 3.25. The standard InChI is InChI=1S/C14H11Cl2N7O3/c15-10-2-1-9(11(16)5-10)6-22-8-17-14(20-22)18-13(24)7-21-4-3-12(19-21)23(25)26/h1-5,8H,6-7H2,(H,18,20,24). The van der Waals surface area contributed by atoms with Crippen LogP contribution in [0.2, 0.25) is 10.0 Å². The quantitative estimate of drug-likeness (QED) is 0.505. The maximum Gasteiger partial charge on any atom is 0.389 e. The molecule has 0 saturated carbocycles. The van der Waals surface area contributed by atoms with Gasteiger partial charge in [-0.05, 0) is 22.6 Å². The van der Waals surface area contributed by atoms with Gasteiger partial charge in [0, 0.05) is 10.0 Å². The van der Waals surface area contributed by atoms with Crippen LogP contribution in [0, 0.1) is 10.1 Å². The first kappa shape index (κ1) is 17.8. The molecule has 1 N–H and O–H groups in total. The van der Waals surface area contributed by atoms with Crippen LogP contribution >= 0.6 is 23.2 Å². The summed E-state index contributed by atoms with van der Waals surface area (Å²) in [5.41, 5.74) is 0.794. The third kappa shape index (κ3) is 4.35. The number of rotatable bonds is 6. The molecule has 0 fully saturated rings. The van der Waals surface area contributed by atoms with Gasteiger partial charge in [0.25, 0.3) is 5.91 Å². The van der Waals surface area contributed by atoms with E-state index in [0.29, 0.717) is 16.6 Å². The minimum absolute atomic E-state index is 0.0988. The van der Waals surface area contributed by atoms with Gasteiger partial charge in [-0.2, -0.15) is 4.68 Å². The van der Waals surface area contributed by atoms with E-state index in [2.05, 4.69) is 20.5 Å². The van der Waals surface area contributed by atoms with Crippen molar-refractivity contribution in [3.05, 3.63) is 62.5 Å². The first-order valence-corrected chi connectivity index (χ1v) is 7.97. The van der Waals surface area contributed by atoms with E-state index in [0.717, 1.165) is 10.2 Å². The van der Waals surface area contributed by atoms with Gasteiger partial charge in [0.2, 0.25) is 5.95 Å². The van der Waals surface area contributed by atoms with Crippen molar-refractivity contribution in [1.82, 2.24) is 24.5 Å². The van der Waals surface area contributed by atoms with Crippen LogP contribution in [-0.4, -0.2) is 35.4 Å². The Morgan fingerprint density at radius 2 is 2.04 bits per heavy atom. The molecule has 2 aromatic heterocycles. The Bertz CT molecular complexity index is 969. The summed E-state index contributed by atoms with van der Waals surface area (Å²) in [5.74, 6) is -0.702. The summed E-state index contributed by atoms with van der Waals surface area (Å²) in [7, 11) is 0. The minimum atomic E-state index is -0.639. The van der Waals surface area contributed by atoms with E-state index in [9.17, 15) is 14.9 Å². The Balaban J connectivity index is 1.60. The molecule has 2 heterocycles. The van der Waals surface area contributed by atoms with Crippen molar-refractivity contribution < 1.29 is 9.72 Å². The molecule has 26 heavy (non-hydrogen) atoms. The smallest absolute Gasteiger partial charge is 0.358 e. The lowest BCUT2D eigenvalue weighted by Crippen LogP contribution is -2.20. The van der Waals surface area contributed by atoms with E-state index in [1.54, 1.807) is 18.2 Å². The molecule has 12 heteroatoms. The van der Waals surface area contributed by atoms with Gasteiger partial charge in [-0.1, -0.05) is 29.3 Å². The lowest BCUT2D eigenvalue weighted by atomic mass is 10.2. The molecule has 0 unspecified atom stereocenters. The Labute approximate surface area is 156 Å². The minimum Gasteiger partial charge on any atom is -0.358 e. The Morgan fingerprint density at radius 3 is 2.73 bits per heavy atom. The molecule has 0 aliphatic carbocycles.